The zero-order valence-corrected chi connectivity index (χ0v) is 13.6. The molecule has 22 heavy (non-hydrogen) atoms. The lowest BCUT2D eigenvalue weighted by Gasteiger charge is -2.49. The second-order valence-corrected chi connectivity index (χ2v) is 13.0. The summed E-state index contributed by atoms with van der Waals surface area (Å²) >= 11 is 0. The summed E-state index contributed by atoms with van der Waals surface area (Å²) in [7, 11) is -10.1. The molecule has 1 rings (SSSR count). The van der Waals surface area contributed by atoms with E-state index >= 15 is 0 Å². The highest BCUT2D eigenvalue weighted by Crippen LogP contribution is 2.97. The first kappa shape index (κ1) is 18.8. The molecule has 0 saturated carbocycles. The fourth-order valence-electron chi connectivity index (χ4n) is 1.25. The van der Waals surface area contributed by atoms with Gasteiger partial charge in [-0.15, -0.1) is 0 Å². The molecule has 1 atom stereocenters. The van der Waals surface area contributed by atoms with Gasteiger partial charge in [0.1, 0.15) is 21.9 Å². The molecule has 10 heteroatoms. The van der Waals surface area contributed by atoms with Crippen molar-refractivity contribution in [3.8, 4) is 5.75 Å². The Bertz CT molecular complexity index is 596. The van der Waals surface area contributed by atoms with Crippen molar-refractivity contribution in [2.45, 2.75) is 11.8 Å². The molecule has 0 aliphatic rings. The third-order valence-corrected chi connectivity index (χ3v) is 9.72. The molecule has 5 nitrogen and oxygen atoms in total. The molecule has 0 saturated heterocycles. The van der Waals surface area contributed by atoms with Gasteiger partial charge in [-0.2, -0.15) is 0 Å². The van der Waals surface area contributed by atoms with E-state index in [-0.39, 0.29) is 22.5 Å². The van der Waals surface area contributed by atoms with Gasteiger partial charge in [0.05, 0.1) is 6.26 Å². The summed E-state index contributed by atoms with van der Waals surface area (Å²) in [6, 6.07) is 4.71. The predicted octanol–water partition coefficient (Wildman–Crippen LogP) is 2.99. The van der Waals surface area contributed by atoms with E-state index < -0.39 is 24.7 Å². The summed E-state index contributed by atoms with van der Waals surface area (Å²) in [6.45, 7) is 4.83. The van der Waals surface area contributed by atoms with Crippen molar-refractivity contribution in [2.24, 2.45) is 0 Å². The minimum Gasteiger partial charge on any atom is -0.691 e. The molecule has 0 aromatic heterocycles. The second kappa shape index (κ2) is 5.46. The standard InChI is InChI=1S/C12H15F3O5S2/c1-9(2)12(16)18-10-5-7-11(8-6-10)21(3)22(4,13,14,15)20-19-17/h5-8H,1H2,2-4H3. The van der Waals surface area contributed by atoms with Crippen LogP contribution >= 0.6 is 8.77 Å². The number of benzene rings is 1. The van der Waals surface area contributed by atoms with Gasteiger partial charge in [-0.1, -0.05) is 22.6 Å². The molecule has 0 radical (unpaired) electrons. The van der Waals surface area contributed by atoms with Gasteiger partial charge in [0.2, 0.25) is 0 Å². The fraction of sp³-hybridized carbons (Fsp3) is 0.250. The van der Waals surface area contributed by atoms with Crippen LogP contribution in [0.25, 0.3) is 0 Å². The lowest BCUT2D eigenvalue weighted by atomic mass is 10.3. The van der Waals surface area contributed by atoms with E-state index in [1.165, 1.54) is 19.1 Å². The van der Waals surface area contributed by atoms with Crippen LogP contribution in [0.4, 0.5) is 11.7 Å². The maximum absolute atomic E-state index is 14.1. The van der Waals surface area contributed by atoms with Crippen molar-refractivity contribution in [1.82, 2.24) is 0 Å². The van der Waals surface area contributed by atoms with Crippen LogP contribution in [0.1, 0.15) is 6.92 Å². The van der Waals surface area contributed by atoms with Crippen LogP contribution in [0.5, 0.6) is 5.75 Å². The van der Waals surface area contributed by atoms with E-state index in [0.29, 0.717) is 0 Å². The monoisotopic (exact) mass is 360 g/mol. The largest absolute Gasteiger partial charge is 0.691 e. The molecule has 0 aliphatic carbocycles. The van der Waals surface area contributed by atoms with Crippen molar-refractivity contribution in [3.63, 3.8) is 0 Å². The predicted molar refractivity (Wildman–Crippen MR) is 77.5 cm³/mol. The Kier molecular flexibility index (Phi) is 4.68. The van der Waals surface area contributed by atoms with Crippen LogP contribution in [0, 0.1) is 0 Å². The van der Waals surface area contributed by atoms with Crippen LogP contribution in [0.15, 0.2) is 41.3 Å². The summed E-state index contributed by atoms with van der Waals surface area (Å²) < 4.78 is 50.4. The highest BCUT2D eigenvalue weighted by Gasteiger charge is 2.73. The number of carbonyl (C=O) groups excluding carboxylic acids is 1. The topological polar surface area (TPSA) is 67.8 Å². The van der Waals surface area contributed by atoms with Crippen molar-refractivity contribution in [1.29, 1.82) is 0 Å². The van der Waals surface area contributed by atoms with E-state index in [4.69, 9.17) is 4.74 Å². The van der Waals surface area contributed by atoms with Gasteiger partial charge in [0.15, 0.2) is 4.90 Å². The lowest BCUT2D eigenvalue weighted by Crippen LogP contribution is -2.32. The van der Waals surface area contributed by atoms with Gasteiger partial charge in [-0.25, -0.2) is 4.79 Å². The molecule has 0 fully saturated rings. The minimum absolute atomic E-state index is 0.0734. The van der Waals surface area contributed by atoms with Gasteiger partial charge in [0, 0.05) is 5.57 Å². The maximum Gasteiger partial charge on any atom is 0.338 e. The van der Waals surface area contributed by atoms with Gasteiger partial charge in [-0.3, -0.25) is 5.04 Å². The summed E-state index contributed by atoms with van der Waals surface area (Å²) in [6.07, 6.45) is 0.811. The molecule has 0 N–H and O–H groups in total. The summed E-state index contributed by atoms with van der Waals surface area (Å²) in [4.78, 5) is 11.2. The van der Waals surface area contributed by atoms with Crippen LogP contribution < -0.4 is 9.99 Å². The highest BCUT2D eigenvalue weighted by atomic mass is 33.3. The van der Waals surface area contributed by atoms with Crippen molar-refractivity contribution in [2.75, 3.05) is 12.5 Å². The first-order valence-electron chi connectivity index (χ1n) is 5.69. The summed E-state index contributed by atoms with van der Waals surface area (Å²) in [5, 5.41) is 12.5. The SMILES string of the molecule is C=C(C)C(=O)Oc1ccc([S+](C)S(C)(F)(F)(F)OO[O-])cc1. The van der Waals surface area contributed by atoms with E-state index in [9.17, 15) is 21.7 Å². The second-order valence-electron chi connectivity index (χ2n) is 4.65. The average molecular weight is 360 g/mol. The van der Waals surface area contributed by atoms with Gasteiger partial charge in [0.25, 0.3) is 8.77 Å². The third kappa shape index (κ3) is 4.40. The number of halogens is 3. The number of hydrogen-bond acceptors (Lipinski definition) is 5. The lowest BCUT2D eigenvalue weighted by molar-refractivity contribution is -0.780. The van der Waals surface area contributed by atoms with Crippen molar-refractivity contribution >= 4 is 24.7 Å². The van der Waals surface area contributed by atoms with Crippen LogP contribution in [-0.2, 0) is 24.1 Å². The third-order valence-electron chi connectivity index (χ3n) is 2.55. The normalized spacial score (nSPS) is 16.3. The van der Waals surface area contributed by atoms with Crippen molar-refractivity contribution < 1.29 is 35.8 Å². The van der Waals surface area contributed by atoms with E-state index in [1.54, 1.807) is 0 Å². The van der Waals surface area contributed by atoms with Gasteiger partial charge >= 0.3 is 5.97 Å². The van der Waals surface area contributed by atoms with Crippen LogP contribution in [0.3, 0.4) is 0 Å². The first-order valence-corrected chi connectivity index (χ1v) is 10.3. The van der Waals surface area contributed by atoms with Crippen molar-refractivity contribution in [3.05, 3.63) is 36.4 Å². The number of hydrogen-bond donors (Lipinski definition) is 0. The number of ether oxygens (including phenoxy) is 1. The van der Waals surface area contributed by atoms with E-state index in [1.807, 2.05) is 0 Å². The zero-order chi connectivity index (χ0) is 17.2. The molecule has 126 valence electrons. The Hall–Kier alpha value is -1.20. The Morgan fingerprint density at radius 1 is 1.27 bits per heavy atom. The Morgan fingerprint density at radius 2 is 1.77 bits per heavy atom. The molecular weight excluding hydrogens is 345 g/mol. The number of esters is 1. The fourth-order valence-corrected chi connectivity index (χ4v) is 4.60. The smallest absolute Gasteiger partial charge is 0.338 e. The molecule has 0 amide bonds. The minimum atomic E-state index is -7.66. The molecule has 0 aliphatic heterocycles. The number of carbonyl (C=O) groups is 1. The first-order chi connectivity index (χ1) is 9.79. The Balaban J connectivity index is 3.05. The van der Waals surface area contributed by atoms with Crippen LogP contribution in [-0.4, -0.2) is 18.5 Å². The maximum atomic E-state index is 14.1. The Labute approximate surface area is 127 Å². The molecular formula is C12H15F3O5S2. The van der Waals surface area contributed by atoms with Gasteiger partial charge in [-0.05, 0) is 31.2 Å². The van der Waals surface area contributed by atoms with E-state index in [0.717, 1.165) is 18.4 Å². The molecule has 1 unspecified atom stereocenters. The zero-order valence-electron chi connectivity index (χ0n) is 12.0. The summed E-state index contributed by atoms with van der Waals surface area (Å²) in [5.41, 5.74) is 0.161. The summed E-state index contributed by atoms with van der Waals surface area (Å²) in [5.74, 6) is -0.603. The van der Waals surface area contributed by atoms with Crippen LogP contribution in [0.2, 0.25) is 0 Å². The molecule has 1 aromatic carbocycles. The van der Waals surface area contributed by atoms with Gasteiger partial charge < -0.3 is 9.99 Å². The average Bonchev–Trinajstić information content (AvgIpc) is 2.37. The quantitative estimate of drug-likeness (QED) is 0.148. The molecule has 1 aromatic rings. The molecule has 0 bridgehead atoms. The Morgan fingerprint density at radius 3 is 2.18 bits per heavy atom. The molecule has 0 spiro atoms. The number of rotatable bonds is 6. The van der Waals surface area contributed by atoms with E-state index in [2.05, 4.69) is 16.0 Å². The highest BCUT2D eigenvalue weighted by molar-refractivity contribution is 9.01. The molecule has 0 heterocycles.